The average molecular weight is 470 g/mol. The second-order valence-electron chi connectivity index (χ2n) is 7.37. The zero-order valence-corrected chi connectivity index (χ0v) is 19.9. The van der Waals surface area contributed by atoms with Crippen molar-refractivity contribution in [1.82, 2.24) is 4.90 Å². The van der Waals surface area contributed by atoms with E-state index in [-0.39, 0.29) is 5.91 Å². The van der Waals surface area contributed by atoms with Crippen molar-refractivity contribution in [3.8, 4) is 5.75 Å². The fourth-order valence-corrected chi connectivity index (χ4v) is 4.68. The van der Waals surface area contributed by atoms with Crippen LogP contribution in [0, 0.1) is 0 Å². The van der Waals surface area contributed by atoms with E-state index in [4.69, 9.17) is 21.7 Å². The second kappa shape index (κ2) is 11.8. The normalized spacial score (nSPS) is 15.8. The Bertz CT molecular complexity index is 973. The van der Waals surface area contributed by atoms with Gasteiger partial charge in [0.25, 0.3) is 5.91 Å². The number of thiocarbonyl (C=S) groups is 1. The molecule has 0 aliphatic carbocycles. The van der Waals surface area contributed by atoms with Crippen LogP contribution in [0.25, 0.3) is 6.08 Å². The number of nitrogens with zero attached hydrogens (tertiary/aromatic N) is 1. The lowest BCUT2D eigenvalue weighted by Crippen LogP contribution is -2.37. The largest absolute Gasteiger partial charge is 0.494 e. The molecule has 1 heterocycles. The van der Waals surface area contributed by atoms with E-state index in [1.54, 1.807) is 18.2 Å². The van der Waals surface area contributed by atoms with E-state index in [0.717, 1.165) is 17.7 Å². The molecule has 1 atom stereocenters. The minimum Gasteiger partial charge on any atom is -0.494 e. The second-order valence-corrected chi connectivity index (χ2v) is 9.04. The number of carbonyl (C=O) groups excluding carboxylic acids is 2. The first-order chi connectivity index (χ1) is 15.5. The molecule has 32 heavy (non-hydrogen) atoms. The van der Waals surface area contributed by atoms with E-state index < -0.39 is 12.0 Å². The summed E-state index contributed by atoms with van der Waals surface area (Å²) in [6.45, 7) is 2.89. The third-order valence-corrected chi connectivity index (χ3v) is 6.40. The average Bonchev–Trinajstić information content (AvgIpc) is 3.08. The molecule has 1 amide bonds. The number of unbranched alkanes of at least 4 members (excludes halogenated alkanes) is 3. The van der Waals surface area contributed by atoms with Gasteiger partial charge in [-0.15, -0.1) is 0 Å². The molecule has 0 saturated carbocycles. The molecule has 5 nitrogen and oxygen atoms in total. The highest BCUT2D eigenvalue weighted by atomic mass is 32.2. The highest BCUT2D eigenvalue weighted by Crippen LogP contribution is 2.38. The molecule has 0 spiro atoms. The summed E-state index contributed by atoms with van der Waals surface area (Å²) in [6, 6.07) is 15.7. The zero-order valence-electron chi connectivity index (χ0n) is 18.3. The summed E-state index contributed by atoms with van der Waals surface area (Å²) in [6.07, 6.45) is 6.42. The van der Waals surface area contributed by atoms with Gasteiger partial charge in [-0.2, -0.15) is 0 Å². The zero-order chi connectivity index (χ0) is 22.9. The molecular formula is C25H27NO4S2. The van der Waals surface area contributed by atoms with Crippen molar-refractivity contribution in [2.24, 2.45) is 0 Å². The van der Waals surface area contributed by atoms with Crippen LogP contribution in [0.4, 0.5) is 0 Å². The van der Waals surface area contributed by atoms with Crippen LogP contribution in [0.5, 0.6) is 5.75 Å². The molecule has 0 aromatic heterocycles. The summed E-state index contributed by atoms with van der Waals surface area (Å²) in [7, 11) is 1.30. The smallest absolute Gasteiger partial charge is 0.333 e. The lowest BCUT2D eigenvalue weighted by atomic mass is 10.1. The Balaban J connectivity index is 1.72. The number of carbonyl (C=O) groups is 2. The van der Waals surface area contributed by atoms with Gasteiger partial charge in [0, 0.05) is 0 Å². The van der Waals surface area contributed by atoms with Gasteiger partial charge in [0.2, 0.25) is 0 Å². The van der Waals surface area contributed by atoms with E-state index in [1.165, 1.54) is 43.0 Å². The molecule has 1 aliphatic heterocycles. The fraction of sp³-hybridized carbons (Fsp3) is 0.320. The number of thioether (sulfide) groups is 1. The highest BCUT2D eigenvalue weighted by Gasteiger charge is 2.41. The topological polar surface area (TPSA) is 55.8 Å². The number of hydrogen-bond acceptors (Lipinski definition) is 6. The number of amides is 1. The van der Waals surface area contributed by atoms with Gasteiger partial charge in [-0.3, -0.25) is 9.69 Å². The van der Waals surface area contributed by atoms with Crippen LogP contribution in [0.1, 0.15) is 49.8 Å². The maximum atomic E-state index is 13.2. The van der Waals surface area contributed by atoms with E-state index in [0.29, 0.717) is 21.4 Å². The number of rotatable bonds is 10. The molecule has 1 saturated heterocycles. The lowest BCUT2D eigenvalue weighted by molar-refractivity contribution is -0.148. The molecule has 0 bridgehead atoms. The summed E-state index contributed by atoms with van der Waals surface area (Å²) in [5, 5.41) is 0. The van der Waals surface area contributed by atoms with Crippen molar-refractivity contribution >= 4 is 46.3 Å². The van der Waals surface area contributed by atoms with Crippen molar-refractivity contribution in [2.45, 2.75) is 38.6 Å². The van der Waals surface area contributed by atoms with Crippen LogP contribution in [0.3, 0.4) is 0 Å². The van der Waals surface area contributed by atoms with Crippen LogP contribution >= 0.6 is 24.0 Å². The molecule has 1 fully saturated rings. The number of esters is 1. The Kier molecular flexibility index (Phi) is 8.88. The molecule has 2 aromatic rings. The Morgan fingerprint density at radius 3 is 2.47 bits per heavy atom. The first-order valence-corrected chi connectivity index (χ1v) is 11.9. The van der Waals surface area contributed by atoms with Gasteiger partial charge >= 0.3 is 5.97 Å². The van der Waals surface area contributed by atoms with Gasteiger partial charge in [0.15, 0.2) is 6.04 Å². The van der Waals surface area contributed by atoms with Crippen molar-refractivity contribution in [1.29, 1.82) is 0 Å². The highest BCUT2D eigenvalue weighted by molar-refractivity contribution is 8.26. The van der Waals surface area contributed by atoms with Crippen molar-refractivity contribution in [3.05, 3.63) is 70.6 Å². The Morgan fingerprint density at radius 1 is 1.09 bits per heavy atom. The van der Waals surface area contributed by atoms with Crippen LogP contribution in [-0.4, -0.2) is 34.8 Å². The standard InChI is InChI=1S/C25H27NO4S2/c1-3-4-5-9-16-30-20-14-12-18(13-15-20)17-21-23(27)26(25(31)32-21)22(24(28)29-2)19-10-7-6-8-11-19/h6-8,10-15,17,22H,3-5,9,16H2,1-2H3/b21-17-. The first kappa shape index (κ1) is 24.0. The fourth-order valence-electron chi connectivity index (χ4n) is 3.37. The Labute approximate surface area is 198 Å². The summed E-state index contributed by atoms with van der Waals surface area (Å²) in [5.74, 6) is -0.0364. The van der Waals surface area contributed by atoms with Gasteiger partial charge in [-0.25, -0.2) is 4.79 Å². The van der Waals surface area contributed by atoms with Crippen LogP contribution < -0.4 is 4.74 Å². The maximum Gasteiger partial charge on any atom is 0.333 e. The molecule has 1 aliphatic rings. The number of hydrogen-bond donors (Lipinski definition) is 0. The Morgan fingerprint density at radius 2 is 1.81 bits per heavy atom. The third kappa shape index (κ3) is 5.99. The summed E-state index contributed by atoms with van der Waals surface area (Å²) >= 11 is 6.64. The van der Waals surface area contributed by atoms with Gasteiger partial charge in [-0.05, 0) is 35.8 Å². The molecule has 1 unspecified atom stereocenters. The van der Waals surface area contributed by atoms with Crippen LogP contribution in [0.2, 0.25) is 0 Å². The molecule has 0 radical (unpaired) electrons. The summed E-state index contributed by atoms with van der Waals surface area (Å²) < 4.78 is 11.1. The minimum absolute atomic E-state index is 0.310. The molecule has 0 N–H and O–H groups in total. The van der Waals surface area contributed by atoms with E-state index in [2.05, 4.69) is 6.92 Å². The van der Waals surface area contributed by atoms with Gasteiger partial charge in [0.05, 0.1) is 18.6 Å². The maximum absolute atomic E-state index is 13.2. The predicted octanol–water partition coefficient (Wildman–Crippen LogP) is 5.76. The van der Waals surface area contributed by atoms with Crippen LogP contribution in [-0.2, 0) is 14.3 Å². The monoisotopic (exact) mass is 469 g/mol. The predicted molar refractivity (Wildman–Crippen MR) is 132 cm³/mol. The Hall–Kier alpha value is -2.64. The minimum atomic E-state index is -0.914. The quantitative estimate of drug-likeness (QED) is 0.191. The molecule has 3 rings (SSSR count). The third-order valence-electron chi connectivity index (χ3n) is 5.07. The van der Waals surface area contributed by atoms with E-state index >= 15 is 0 Å². The molecule has 168 valence electrons. The van der Waals surface area contributed by atoms with Gasteiger partial charge in [-0.1, -0.05) is 92.6 Å². The van der Waals surface area contributed by atoms with E-state index in [9.17, 15) is 9.59 Å². The van der Waals surface area contributed by atoms with Crippen molar-refractivity contribution in [2.75, 3.05) is 13.7 Å². The first-order valence-electron chi connectivity index (χ1n) is 10.7. The van der Waals surface area contributed by atoms with Gasteiger partial charge in [0.1, 0.15) is 10.1 Å². The number of ether oxygens (including phenoxy) is 2. The molecule has 7 heteroatoms. The molecular weight excluding hydrogens is 442 g/mol. The van der Waals surface area contributed by atoms with E-state index in [1.807, 2.05) is 42.5 Å². The van der Waals surface area contributed by atoms with Crippen molar-refractivity contribution in [3.63, 3.8) is 0 Å². The lowest BCUT2D eigenvalue weighted by Gasteiger charge is -2.24. The van der Waals surface area contributed by atoms with Crippen LogP contribution in [0.15, 0.2) is 59.5 Å². The molecule has 2 aromatic carbocycles. The summed E-state index contributed by atoms with van der Waals surface area (Å²) in [5.41, 5.74) is 1.51. The summed E-state index contributed by atoms with van der Waals surface area (Å²) in [4.78, 5) is 27.5. The van der Waals surface area contributed by atoms with Gasteiger partial charge < -0.3 is 9.47 Å². The number of benzene rings is 2. The SMILES string of the molecule is CCCCCCOc1ccc(/C=C2\SC(=S)N(C(C(=O)OC)c3ccccc3)C2=O)cc1. The number of methoxy groups -OCH3 is 1. The van der Waals surface area contributed by atoms with Crippen molar-refractivity contribution < 1.29 is 19.1 Å².